The Morgan fingerprint density at radius 3 is 2.67 bits per heavy atom. The fraction of sp³-hybridized carbons (Fsp3) is 0.600. The Hall–Kier alpha value is -1.98. The Labute approximate surface area is 125 Å². The fourth-order valence-corrected chi connectivity index (χ4v) is 2.73. The van der Waals surface area contributed by atoms with Gasteiger partial charge in [-0.15, -0.1) is 0 Å². The van der Waals surface area contributed by atoms with Crippen LogP contribution in [-0.4, -0.2) is 48.2 Å². The Morgan fingerprint density at radius 2 is 2.05 bits per heavy atom. The molecule has 2 heterocycles. The second-order valence-electron chi connectivity index (χ2n) is 5.84. The molecule has 1 aliphatic heterocycles. The number of esters is 1. The molecule has 0 spiro atoms. The van der Waals surface area contributed by atoms with E-state index in [4.69, 9.17) is 4.74 Å². The number of urea groups is 1. The van der Waals surface area contributed by atoms with E-state index in [9.17, 15) is 9.59 Å². The highest BCUT2D eigenvalue weighted by Gasteiger charge is 2.48. The van der Waals surface area contributed by atoms with Gasteiger partial charge in [0.2, 0.25) is 0 Å². The first-order valence-corrected chi connectivity index (χ1v) is 7.19. The summed E-state index contributed by atoms with van der Waals surface area (Å²) < 4.78 is 6.87. The molecule has 1 fully saturated rings. The lowest BCUT2D eigenvalue weighted by molar-refractivity contribution is -0.152. The first kappa shape index (κ1) is 15.4. The zero-order valence-electron chi connectivity index (χ0n) is 12.8. The number of hydrogen-bond donors (Lipinski definition) is 1. The van der Waals surface area contributed by atoms with Gasteiger partial charge >= 0.3 is 12.0 Å². The lowest BCUT2D eigenvalue weighted by Crippen LogP contribution is -2.42. The number of rotatable bonds is 4. The predicted molar refractivity (Wildman–Crippen MR) is 78.7 cm³/mol. The number of nitrogens with one attached hydrogen (secondary N) is 1. The van der Waals surface area contributed by atoms with Crippen molar-refractivity contribution < 1.29 is 14.3 Å². The smallest absolute Gasteiger partial charge is 0.317 e. The van der Waals surface area contributed by atoms with Gasteiger partial charge in [0.05, 0.1) is 12.5 Å². The summed E-state index contributed by atoms with van der Waals surface area (Å²) in [6.45, 7) is 6.10. The van der Waals surface area contributed by atoms with Crippen molar-refractivity contribution in [2.24, 2.45) is 11.3 Å². The van der Waals surface area contributed by atoms with Gasteiger partial charge in [0.25, 0.3) is 0 Å². The molecule has 0 bridgehead atoms. The maximum absolute atomic E-state index is 12.2. The maximum atomic E-state index is 12.2. The molecular weight excluding hydrogens is 270 g/mol. The highest BCUT2D eigenvalue weighted by Crippen LogP contribution is 2.36. The monoisotopic (exact) mass is 293 g/mol. The molecular formula is C15H23N3O3. The van der Waals surface area contributed by atoms with Crippen LogP contribution in [-0.2, 0) is 16.1 Å². The van der Waals surface area contributed by atoms with Gasteiger partial charge in [-0.25, -0.2) is 4.79 Å². The van der Waals surface area contributed by atoms with Gasteiger partial charge in [-0.3, -0.25) is 4.79 Å². The van der Waals surface area contributed by atoms with Gasteiger partial charge in [0.15, 0.2) is 0 Å². The van der Waals surface area contributed by atoms with Gasteiger partial charge in [0.1, 0.15) is 0 Å². The molecule has 0 radical (unpaired) electrons. The predicted octanol–water partition coefficient (Wildman–Crippen LogP) is 1.33. The van der Waals surface area contributed by atoms with Crippen molar-refractivity contribution in [2.75, 3.05) is 26.7 Å². The van der Waals surface area contributed by atoms with E-state index in [0.29, 0.717) is 19.6 Å². The SMILES string of the molecule is COC(=O)[C@]1(C)CN(C(=O)NCCn2cccc2)C[C@H]1C. The number of hydrogen-bond acceptors (Lipinski definition) is 3. The molecule has 2 atom stereocenters. The number of methoxy groups -OCH3 is 1. The standard InChI is InChI=1S/C15H23N3O3/c1-12-10-18(11-15(12,2)13(19)21-3)14(20)16-6-9-17-7-4-5-8-17/h4-5,7-8,12H,6,9-11H2,1-3H3,(H,16,20)/t12-,15-/m1/s1. The van der Waals surface area contributed by atoms with E-state index < -0.39 is 5.41 Å². The van der Waals surface area contributed by atoms with Crippen LogP contribution in [0.4, 0.5) is 4.79 Å². The average molecular weight is 293 g/mol. The summed E-state index contributed by atoms with van der Waals surface area (Å²) in [4.78, 5) is 25.8. The van der Waals surface area contributed by atoms with Crippen LogP contribution in [0.25, 0.3) is 0 Å². The number of likely N-dealkylation sites (tertiary alicyclic amines) is 1. The van der Waals surface area contributed by atoms with Crippen LogP contribution in [0.2, 0.25) is 0 Å². The normalized spacial score (nSPS) is 24.9. The molecule has 1 aromatic rings. The fourth-order valence-electron chi connectivity index (χ4n) is 2.73. The van der Waals surface area contributed by atoms with E-state index >= 15 is 0 Å². The van der Waals surface area contributed by atoms with Crippen LogP contribution in [0.3, 0.4) is 0 Å². The number of amides is 2. The van der Waals surface area contributed by atoms with Crippen LogP contribution in [0, 0.1) is 11.3 Å². The van der Waals surface area contributed by atoms with E-state index in [1.54, 1.807) is 4.90 Å². The molecule has 2 rings (SSSR count). The van der Waals surface area contributed by atoms with E-state index in [-0.39, 0.29) is 17.9 Å². The summed E-state index contributed by atoms with van der Waals surface area (Å²) in [6, 6.07) is 3.78. The molecule has 0 aromatic carbocycles. The van der Waals surface area contributed by atoms with Crippen molar-refractivity contribution in [3.8, 4) is 0 Å². The minimum absolute atomic E-state index is 0.0835. The molecule has 1 saturated heterocycles. The van der Waals surface area contributed by atoms with Gasteiger partial charge < -0.3 is 19.5 Å². The summed E-state index contributed by atoms with van der Waals surface area (Å²) in [5.41, 5.74) is -0.619. The zero-order chi connectivity index (χ0) is 15.5. The van der Waals surface area contributed by atoms with Crippen molar-refractivity contribution in [2.45, 2.75) is 20.4 Å². The molecule has 21 heavy (non-hydrogen) atoms. The summed E-state index contributed by atoms with van der Waals surface area (Å²) >= 11 is 0. The second kappa shape index (κ2) is 6.20. The molecule has 1 aromatic heterocycles. The van der Waals surface area contributed by atoms with Crippen molar-refractivity contribution in [1.29, 1.82) is 0 Å². The molecule has 0 unspecified atom stereocenters. The Balaban J connectivity index is 1.85. The third-order valence-corrected chi connectivity index (χ3v) is 4.35. The van der Waals surface area contributed by atoms with Crippen LogP contribution in [0.5, 0.6) is 0 Å². The topological polar surface area (TPSA) is 63.6 Å². The number of aromatic nitrogens is 1. The molecule has 6 heteroatoms. The summed E-state index contributed by atoms with van der Waals surface area (Å²) in [5.74, 6) is -0.169. The molecule has 1 N–H and O–H groups in total. The summed E-state index contributed by atoms with van der Waals surface area (Å²) in [7, 11) is 1.39. The Bertz CT molecular complexity index is 500. The molecule has 1 aliphatic rings. The van der Waals surface area contributed by atoms with Gasteiger partial charge in [-0.1, -0.05) is 6.92 Å². The number of carbonyl (C=O) groups excluding carboxylic acids is 2. The van der Waals surface area contributed by atoms with Gasteiger partial charge in [0, 0.05) is 38.6 Å². The second-order valence-corrected chi connectivity index (χ2v) is 5.84. The van der Waals surface area contributed by atoms with E-state index in [1.807, 2.05) is 42.9 Å². The maximum Gasteiger partial charge on any atom is 0.317 e. The van der Waals surface area contributed by atoms with Crippen LogP contribution in [0.1, 0.15) is 13.8 Å². The third-order valence-electron chi connectivity index (χ3n) is 4.35. The number of nitrogens with zero attached hydrogens (tertiary/aromatic N) is 2. The highest BCUT2D eigenvalue weighted by atomic mass is 16.5. The van der Waals surface area contributed by atoms with Crippen LogP contribution < -0.4 is 5.32 Å². The summed E-state index contributed by atoms with van der Waals surface area (Å²) in [6.07, 6.45) is 3.91. The number of carbonyl (C=O) groups is 2. The highest BCUT2D eigenvalue weighted by molar-refractivity contribution is 5.81. The van der Waals surface area contributed by atoms with Gasteiger partial charge in [-0.05, 0) is 25.0 Å². The molecule has 0 aliphatic carbocycles. The lowest BCUT2D eigenvalue weighted by atomic mass is 9.81. The minimum Gasteiger partial charge on any atom is -0.469 e. The van der Waals surface area contributed by atoms with Crippen LogP contribution >= 0.6 is 0 Å². The lowest BCUT2D eigenvalue weighted by Gasteiger charge is -2.24. The van der Waals surface area contributed by atoms with Crippen molar-refractivity contribution in [1.82, 2.24) is 14.8 Å². The van der Waals surface area contributed by atoms with E-state index in [1.165, 1.54) is 7.11 Å². The third kappa shape index (κ3) is 3.20. The molecule has 116 valence electrons. The van der Waals surface area contributed by atoms with Crippen molar-refractivity contribution in [3.05, 3.63) is 24.5 Å². The van der Waals surface area contributed by atoms with Crippen LogP contribution in [0.15, 0.2) is 24.5 Å². The Morgan fingerprint density at radius 1 is 1.38 bits per heavy atom. The first-order valence-electron chi connectivity index (χ1n) is 7.19. The number of ether oxygens (including phenoxy) is 1. The average Bonchev–Trinajstić information content (AvgIpc) is 3.07. The molecule has 6 nitrogen and oxygen atoms in total. The quantitative estimate of drug-likeness (QED) is 0.852. The summed E-state index contributed by atoms with van der Waals surface area (Å²) in [5, 5.41) is 2.89. The first-order chi connectivity index (χ1) is 9.97. The van der Waals surface area contributed by atoms with E-state index in [2.05, 4.69) is 5.32 Å². The minimum atomic E-state index is -0.619. The molecule has 2 amide bonds. The Kier molecular flexibility index (Phi) is 4.55. The van der Waals surface area contributed by atoms with Crippen molar-refractivity contribution in [3.63, 3.8) is 0 Å². The zero-order valence-corrected chi connectivity index (χ0v) is 12.8. The van der Waals surface area contributed by atoms with E-state index in [0.717, 1.165) is 6.54 Å². The van der Waals surface area contributed by atoms with Crippen molar-refractivity contribution >= 4 is 12.0 Å². The largest absolute Gasteiger partial charge is 0.469 e. The molecule has 0 saturated carbocycles. The van der Waals surface area contributed by atoms with Gasteiger partial charge in [-0.2, -0.15) is 0 Å².